The van der Waals surface area contributed by atoms with Gasteiger partial charge >= 0.3 is 0 Å². The van der Waals surface area contributed by atoms with Gasteiger partial charge in [0, 0.05) is 17.4 Å². The first kappa shape index (κ1) is 16.4. The van der Waals surface area contributed by atoms with Crippen molar-refractivity contribution in [3.63, 3.8) is 0 Å². The molecular formula is C19H16N4O2S. The number of carbonyl (C=O) groups excluding carboxylic acids is 1. The average molecular weight is 364 g/mol. The molecule has 4 rings (SSSR count). The van der Waals surface area contributed by atoms with Crippen LogP contribution in [-0.4, -0.2) is 22.0 Å². The van der Waals surface area contributed by atoms with Crippen LogP contribution >= 0.6 is 11.3 Å². The van der Waals surface area contributed by atoms with E-state index < -0.39 is 0 Å². The molecule has 1 aromatic carbocycles. The molecule has 0 fully saturated rings. The van der Waals surface area contributed by atoms with Crippen LogP contribution in [0.15, 0.2) is 58.4 Å². The molecule has 0 aliphatic carbocycles. The van der Waals surface area contributed by atoms with Crippen LogP contribution < -0.4 is 19.8 Å². The number of Topliss-reactive ketones (excluding diaryl/α,β-unsaturated/α-hetero) is 1. The van der Waals surface area contributed by atoms with E-state index in [2.05, 4.69) is 9.98 Å². The predicted molar refractivity (Wildman–Crippen MR) is 101 cm³/mol. The van der Waals surface area contributed by atoms with Gasteiger partial charge in [0.25, 0.3) is 5.56 Å². The highest BCUT2D eigenvalue weighted by Gasteiger charge is 2.16. The van der Waals surface area contributed by atoms with Crippen LogP contribution in [0, 0.1) is 0 Å². The van der Waals surface area contributed by atoms with Crippen molar-refractivity contribution < 1.29 is 4.79 Å². The number of carbonyl (C=O) groups is 1. The summed E-state index contributed by atoms with van der Waals surface area (Å²) < 4.78 is 2.27. The van der Waals surface area contributed by atoms with Crippen LogP contribution in [0.2, 0.25) is 0 Å². The second kappa shape index (κ2) is 6.68. The van der Waals surface area contributed by atoms with E-state index in [4.69, 9.17) is 0 Å². The Morgan fingerprint density at radius 1 is 1.23 bits per heavy atom. The van der Waals surface area contributed by atoms with Crippen molar-refractivity contribution in [2.75, 3.05) is 11.6 Å². The van der Waals surface area contributed by atoms with E-state index in [0.29, 0.717) is 28.2 Å². The van der Waals surface area contributed by atoms with Crippen LogP contribution in [-0.2, 0) is 6.67 Å². The van der Waals surface area contributed by atoms with Crippen molar-refractivity contribution >= 4 is 28.9 Å². The number of aromatic nitrogens is 2. The minimum absolute atomic E-state index is 0.0152. The van der Waals surface area contributed by atoms with Crippen LogP contribution in [0.5, 0.6) is 0 Å². The molecule has 26 heavy (non-hydrogen) atoms. The van der Waals surface area contributed by atoms with Crippen LogP contribution in [0.4, 0.5) is 5.69 Å². The Bertz CT molecular complexity index is 1150. The van der Waals surface area contributed by atoms with E-state index in [0.717, 1.165) is 11.4 Å². The summed E-state index contributed by atoms with van der Waals surface area (Å²) in [5, 5.41) is 0. The zero-order chi connectivity index (χ0) is 18.1. The molecule has 3 aromatic rings. The lowest BCUT2D eigenvalue weighted by atomic mass is 10.1. The summed E-state index contributed by atoms with van der Waals surface area (Å²) in [6.07, 6.45) is 3.49. The zero-order valence-corrected chi connectivity index (χ0v) is 14.9. The van der Waals surface area contributed by atoms with Gasteiger partial charge in [0.2, 0.25) is 0 Å². The lowest BCUT2D eigenvalue weighted by molar-refractivity contribution is 0.101. The smallest absolute Gasteiger partial charge is 0.271 e. The Morgan fingerprint density at radius 3 is 2.88 bits per heavy atom. The molecule has 0 saturated heterocycles. The molecule has 1 aliphatic rings. The fraction of sp³-hybridized carbons (Fsp3) is 0.158. The average Bonchev–Trinajstić information content (AvgIpc) is 2.98. The minimum atomic E-state index is -0.0770. The van der Waals surface area contributed by atoms with Crippen molar-refractivity contribution in [2.24, 2.45) is 4.99 Å². The Morgan fingerprint density at radius 2 is 2.12 bits per heavy atom. The zero-order valence-electron chi connectivity index (χ0n) is 14.1. The molecule has 7 heteroatoms. The predicted octanol–water partition coefficient (Wildman–Crippen LogP) is 1.39. The molecule has 3 heterocycles. The molecule has 0 spiro atoms. The quantitative estimate of drug-likeness (QED) is 0.659. The number of ketones is 1. The number of anilines is 1. The molecular weight excluding hydrogens is 348 g/mol. The Balaban J connectivity index is 1.70. The van der Waals surface area contributed by atoms with E-state index in [9.17, 15) is 9.59 Å². The Kier molecular flexibility index (Phi) is 4.22. The minimum Gasteiger partial charge on any atom is -0.334 e. The fourth-order valence-electron chi connectivity index (χ4n) is 2.79. The van der Waals surface area contributed by atoms with E-state index >= 15 is 0 Å². The van der Waals surface area contributed by atoms with Crippen LogP contribution in [0.3, 0.4) is 0 Å². The van der Waals surface area contributed by atoms with Crippen molar-refractivity contribution in [2.45, 2.75) is 13.6 Å². The maximum absolute atomic E-state index is 12.7. The molecule has 0 N–H and O–H groups in total. The molecule has 0 bridgehead atoms. The molecule has 1 aliphatic heterocycles. The molecule has 0 amide bonds. The van der Waals surface area contributed by atoms with Gasteiger partial charge in [-0.1, -0.05) is 29.5 Å². The molecule has 6 nitrogen and oxygen atoms in total. The summed E-state index contributed by atoms with van der Waals surface area (Å²) in [4.78, 5) is 35.8. The second-order valence-electron chi connectivity index (χ2n) is 5.97. The van der Waals surface area contributed by atoms with E-state index in [1.165, 1.54) is 11.3 Å². The van der Waals surface area contributed by atoms with Gasteiger partial charge in [-0.25, -0.2) is 4.99 Å². The number of nitrogens with zero attached hydrogens (tertiary/aromatic N) is 4. The monoisotopic (exact) mass is 364 g/mol. The van der Waals surface area contributed by atoms with Gasteiger partial charge < -0.3 is 4.90 Å². The second-order valence-corrected chi connectivity index (χ2v) is 6.98. The summed E-state index contributed by atoms with van der Waals surface area (Å²) >= 11 is 1.37. The Labute approximate surface area is 153 Å². The highest BCUT2D eigenvalue weighted by atomic mass is 32.1. The molecule has 0 atom stereocenters. The number of benzene rings is 1. The fourth-order valence-corrected chi connectivity index (χ4v) is 3.74. The number of hydrogen-bond donors (Lipinski definition) is 0. The number of fused-ring (bicyclic) bond motifs is 1. The molecule has 0 unspecified atom stereocenters. The SMILES string of the molecule is CC(=O)c1cccc(N2CN=c3s/c(=C/c4ccccn4)c(=O)n3C2)c1. The van der Waals surface area contributed by atoms with Crippen molar-refractivity contribution in [3.8, 4) is 0 Å². The van der Waals surface area contributed by atoms with Gasteiger partial charge in [-0.3, -0.25) is 19.1 Å². The summed E-state index contributed by atoms with van der Waals surface area (Å²) in [5.41, 5.74) is 2.19. The summed E-state index contributed by atoms with van der Waals surface area (Å²) in [6.45, 7) is 2.40. The first-order valence-electron chi connectivity index (χ1n) is 8.15. The molecule has 2 aromatic heterocycles. The lowest BCUT2D eigenvalue weighted by Crippen LogP contribution is -2.42. The number of thiazole rings is 1. The van der Waals surface area contributed by atoms with Gasteiger partial charge in [-0.15, -0.1) is 0 Å². The molecule has 0 radical (unpaired) electrons. The van der Waals surface area contributed by atoms with Gasteiger partial charge in [-0.05, 0) is 37.3 Å². The standard InChI is InChI=1S/C19H16N4O2S/c1-13(24)14-5-4-7-16(9-14)22-11-21-19-23(12-22)18(25)17(26-19)10-15-6-2-3-8-20-15/h2-10H,11-12H2,1H3/b17-10+. The summed E-state index contributed by atoms with van der Waals surface area (Å²) in [6, 6.07) is 13.0. The van der Waals surface area contributed by atoms with Crippen molar-refractivity contribution in [1.82, 2.24) is 9.55 Å². The third kappa shape index (κ3) is 3.09. The van der Waals surface area contributed by atoms with Crippen LogP contribution in [0.1, 0.15) is 23.0 Å². The highest BCUT2D eigenvalue weighted by molar-refractivity contribution is 7.07. The largest absolute Gasteiger partial charge is 0.334 e. The van der Waals surface area contributed by atoms with Crippen molar-refractivity contribution in [3.05, 3.63) is 79.6 Å². The van der Waals surface area contributed by atoms with E-state index in [-0.39, 0.29) is 11.3 Å². The third-order valence-corrected chi connectivity index (χ3v) is 5.21. The summed E-state index contributed by atoms with van der Waals surface area (Å²) in [7, 11) is 0. The van der Waals surface area contributed by atoms with Crippen LogP contribution in [0.25, 0.3) is 6.08 Å². The lowest BCUT2D eigenvalue weighted by Gasteiger charge is -2.25. The van der Waals surface area contributed by atoms with Gasteiger partial charge in [0.1, 0.15) is 13.3 Å². The van der Waals surface area contributed by atoms with E-state index in [1.807, 2.05) is 41.3 Å². The first-order valence-corrected chi connectivity index (χ1v) is 8.96. The maximum Gasteiger partial charge on any atom is 0.271 e. The number of pyridine rings is 1. The number of rotatable bonds is 3. The van der Waals surface area contributed by atoms with Gasteiger partial charge in [-0.2, -0.15) is 0 Å². The molecule has 0 saturated carbocycles. The van der Waals surface area contributed by atoms with Gasteiger partial charge in [0.05, 0.1) is 10.2 Å². The topological polar surface area (TPSA) is 67.6 Å². The Hall–Kier alpha value is -3.06. The maximum atomic E-state index is 12.7. The molecule has 130 valence electrons. The third-order valence-electron chi connectivity index (χ3n) is 4.16. The highest BCUT2D eigenvalue weighted by Crippen LogP contribution is 2.18. The summed E-state index contributed by atoms with van der Waals surface area (Å²) in [5.74, 6) is 0.0152. The number of hydrogen-bond acceptors (Lipinski definition) is 6. The normalized spacial score (nSPS) is 14.0. The van der Waals surface area contributed by atoms with E-state index in [1.54, 1.807) is 29.8 Å². The first-order chi connectivity index (χ1) is 12.6. The van der Waals surface area contributed by atoms with Crippen molar-refractivity contribution in [1.29, 1.82) is 0 Å². The van der Waals surface area contributed by atoms with Gasteiger partial charge in [0.15, 0.2) is 10.6 Å².